The zero-order chi connectivity index (χ0) is 23.7. The zero-order valence-electron chi connectivity index (χ0n) is 19.3. The van der Waals surface area contributed by atoms with Crippen molar-refractivity contribution in [3.8, 4) is 0 Å². The third kappa shape index (κ3) is 3.70. The lowest BCUT2D eigenvalue weighted by molar-refractivity contribution is -0.186. The van der Waals surface area contributed by atoms with Crippen LogP contribution in [0.15, 0.2) is 36.7 Å². The number of rotatable bonds is 5. The fourth-order valence-corrected chi connectivity index (χ4v) is 6.42. The highest BCUT2D eigenvalue weighted by Gasteiger charge is 2.58. The molecule has 1 saturated heterocycles. The van der Waals surface area contributed by atoms with Gasteiger partial charge in [0, 0.05) is 48.7 Å². The minimum Gasteiger partial charge on any atom is -0.477 e. The molecule has 0 bridgehead atoms. The highest BCUT2D eigenvalue weighted by Crippen LogP contribution is 2.60. The molecule has 178 valence electrons. The first-order valence-electron chi connectivity index (χ1n) is 12.1. The molecule has 5 nitrogen and oxygen atoms in total. The molecule has 3 aliphatic rings. The number of aromatic nitrogens is 2. The van der Waals surface area contributed by atoms with Crippen LogP contribution in [-0.4, -0.2) is 38.4 Å². The molecule has 1 atom stereocenters. The number of nitrogens with one attached hydrogen (secondary N) is 1. The fraction of sp³-hybridized carbons (Fsp3) is 0.481. The molecule has 2 N–H and O–H groups in total. The standard InChI is InChI=1S/C27H29F2N3O2/c1-16-10-20(17-2-3-17)21(19-6-8-30-24(16)19)13-32-9-7-26(14-27(28,29)15-26)11-23(32)18-4-5-22(25(33)34)31-12-18/h4-6,8,10,12,17,23,30H,2-3,7,9,11,13-15H2,1H3,(H,33,34)/t23-/m1/s1. The Balaban J connectivity index is 1.37. The number of pyridine rings is 1. The van der Waals surface area contributed by atoms with Crippen molar-refractivity contribution < 1.29 is 18.7 Å². The van der Waals surface area contributed by atoms with Crippen molar-refractivity contribution in [2.75, 3.05) is 6.54 Å². The molecule has 3 fully saturated rings. The van der Waals surface area contributed by atoms with Gasteiger partial charge in [0.05, 0.1) is 0 Å². The van der Waals surface area contributed by atoms with E-state index in [0.29, 0.717) is 12.3 Å². The van der Waals surface area contributed by atoms with Crippen LogP contribution in [-0.2, 0) is 6.54 Å². The number of hydrogen-bond acceptors (Lipinski definition) is 3. The zero-order valence-corrected chi connectivity index (χ0v) is 19.3. The van der Waals surface area contributed by atoms with E-state index in [9.17, 15) is 18.7 Å². The van der Waals surface area contributed by atoms with Crippen molar-refractivity contribution in [2.45, 2.75) is 69.9 Å². The van der Waals surface area contributed by atoms with E-state index in [0.717, 1.165) is 30.6 Å². The minimum absolute atomic E-state index is 0.000384. The summed E-state index contributed by atoms with van der Waals surface area (Å²) in [5.74, 6) is -3.03. The van der Waals surface area contributed by atoms with Crippen LogP contribution in [0.25, 0.3) is 10.9 Å². The third-order valence-electron chi connectivity index (χ3n) is 8.22. The Kier molecular flexibility index (Phi) is 4.86. The van der Waals surface area contributed by atoms with Crippen LogP contribution in [0.3, 0.4) is 0 Å². The van der Waals surface area contributed by atoms with E-state index in [2.05, 4.69) is 33.9 Å². The first-order valence-corrected chi connectivity index (χ1v) is 12.1. The van der Waals surface area contributed by atoms with Crippen LogP contribution < -0.4 is 0 Å². The number of aromatic carboxylic acids is 1. The van der Waals surface area contributed by atoms with Crippen LogP contribution >= 0.6 is 0 Å². The Morgan fingerprint density at radius 1 is 1.26 bits per heavy atom. The molecule has 0 radical (unpaired) electrons. The maximum Gasteiger partial charge on any atom is 0.354 e. The second-order valence-corrected chi connectivity index (χ2v) is 10.7. The quantitative estimate of drug-likeness (QED) is 0.471. The third-order valence-corrected chi connectivity index (χ3v) is 8.22. The minimum atomic E-state index is -2.56. The number of aromatic amines is 1. The number of carboxylic acids is 1. The van der Waals surface area contributed by atoms with Gasteiger partial charge in [-0.05, 0) is 84.9 Å². The molecule has 0 unspecified atom stereocenters. The molecular formula is C27H29F2N3O2. The first-order chi connectivity index (χ1) is 16.2. The van der Waals surface area contributed by atoms with Gasteiger partial charge < -0.3 is 10.1 Å². The summed E-state index contributed by atoms with van der Waals surface area (Å²) < 4.78 is 27.8. The van der Waals surface area contributed by atoms with Crippen LogP contribution in [0.4, 0.5) is 8.78 Å². The highest BCUT2D eigenvalue weighted by atomic mass is 19.3. The van der Waals surface area contributed by atoms with Gasteiger partial charge in [0.15, 0.2) is 0 Å². The van der Waals surface area contributed by atoms with E-state index in [1.54, 1.807) is 6.20 Å². The van der Waals surface area contributed by atoms with E-state index in [1.165, 1.54) is 41.0 Å². The Morgan fingerprint density at radius 3 is 2.71 bits per heavy atom. The summed E-state index contributed by atoms with van der Waals surface area (Å²) in [5, 5.41) is 10.5. The molecule has 2 aromatic heterocycles. The van der Waals surface area contributed by atoms with Gasteiger partial charge >= 0.3 is 5.97 Å². The Morgan fingerprint density at radius 2 is 2.06 bits per heavy atom. The fourth-order valence-electron chi connectivity index (χ4n) is 6.42. The smallest absolute Gasteiger partial charge is 0.354 e. The summed E-state index contributed by atoms with van der Waals surface area (Å²) in [6, 6.07) is 7.75. The van der Waals surface area contributed by atoms with Gasteiger partial charge in [0.25, 0.3) is 0 Å². The van der Waals surface area contributed by atoms with E-state index in [-0.39, 0.29) is 30.0 Å². The van der Waals surface area contributed by atoms with Gasteiger partial charge in [-0.15, -0.1) is 0 Å². The van der Waals surface area contributed by atoms with Gasteiger partial charge in [-0.3, -0.25) is 4.90 Å². The van der Waals surface area contributed by atoms with Crippen LogP contribution in [0, 0.1) is 12.3 Å². The molecule has 7 heteroatoms. The molecule has 0 amide bonds. The van der Waals surface area contributed by atoms with Crippen molar-refractivity contribution in [1.82, 2.24) is 14.9 Å². The van der Waals surface area contributed by atoms with E-state index in [4.69, 9.17) is 0 Å². The molecular weight excluding hydrogens is 436 g/mol. The van der Waals surface area contributed by atoms with Crippen LogP contribution in [0.1, 0.15) is 83.2 Å². The average Bonchev–Trinajstić information content (AvgIpc) is 3.50. The van der Waals surface area contributed by atoms with Crippen molar-refractivity contribution in [3.63, 3.8) is 0 Å². The topological polar surface area (TPSA) is 69.2 Å². The monoisotopic (exact) mass is 465 g/mol. The summed E-state index contributed by atoms with van der Waals surface area (Å²) >= 11 is 0. The largest absolute Gasteiger partial charge is 0.477 e. The predicted molar refractivity (Wildman–Crippen MR) is 125 cm³/mol. The van der Waals surface area contributed by atoms with Crippen molar-refractivity contribution >= 4 is 16.9 Å². The van der Waals surface area contributed by atoms with E-state index < -0.39 is 11.9 Å². The number of alkyl halides is 2. The molecule has 3 heterocycles. The number of halogens is 2. The van der Waals surface area contributed by atoms with Gasteiger partial charge in [0.2, 0.25) is 5.92 Å². The second-order valence-electron chi connectivity index (χ2n) is 10.7. The maximum atomic E-state index is 13.9. The number of carboxylic acid groups (broad SMARTS) is 1. The predicted octanol–water partition coefficient (Wildman–Crippen LogP) is 6.20. The van der Waals surface area contributed by atoms with Crippen molar-refractivity contribution in [1.29, 1.82) is 0 Å². The number of likely N-dealkylation sites (tertiary alicyclic amines) is 1. The summed E-state index contributed by atoms with van der Waals surface area (Å²) in [5.41, 5.74) is 5.73. The van der Waals surface area contributed by atoms with Gasteiger partial charge in [-0.1, -0.05) is 12.1 Å². The lowest BCUT2D eigenvalue weighted by Gasteiger charge is -2.54. The maximum absolute atomic E-state index is 13.9. The lowest BCUT2D eigenvalue weighted by Crippen LogP contribution is -2.53. The molecule has 6 rings (SSSR count). The molecule has 34 heavy (non-hydrogen) atoms. The van der Waals surface area contributed by atoms with Crippen molar-refractivity contribution in [3.05, 3.63) is 64.6 Å². The Labute approximate surface area is 197 Å². The average molecular weight is 466 g/mol. The lowest BCUT2D eigenvalue weighted by atomic mass is 9.59. The first kappa shape index (κ1) is 21.7. The van der Waals surface area contributed by atoms with Gasteiger partial charge in [-0.25, -0.2) is 18.6 Å². The number of H-pyrrole nitrogens is 1. The van der Waals surface area contributed by atoms with Gasteiger partial charge in [0.1, 0.15) is 5.69 Å². The second kappa shape index (κ2) is 7.60. The molecule has 1 spiro atoms. The molecule has 2 saturated carbocycles. The van der Waals surface area contributed by atoms with Crippen LogP contribution in [0.5, 0.6) is 0 Å². The number of hydrogen-bond donors (Lipinski definition) is 2. The molecule has 3 aromatic rings. The normalized spacial score (nSPS) is 23.8. The molecule has 2 aliphatic carbocycles. The highest BCUT2D eigenvalue weighted by molar-refractivity contribution is 5.87. The number of nitrogens with zero attached hydrogens (tertiary/aromatic N) is 2. The number of benzene rings is 1. The van der Waals surface area contributed by atoms with E-state index >= 15 is 0 Å². The van der Waals surface area contributed by atoms with E-state index in [1.807, 2.05) is 12.3 Å². The van der Waals surface area contributed by atoms with Crippen molar-refractivity contribution in [2.24, 2.45) is 5.41 Å². The number of piperidine rings is 1. The van der Waals surface area contributed by atoms with Gasteiger partial charge in [-0.2, -0.15) is 0 Å². The Bertz CT molecular complexity index is 1250. The summed E-state index contributed by atoms with van der Waals surface area (Å²) in [4.78, 5) is 21.2. The van der Waals surface area contributed by atoms with Crippen LogP contribution in [0.2, 0.25) is 0 Å². The number of fused-ring (bicyclic) bond motifs is 1. The number of aryl methyl sites for hydroxylation is 1. The number of carbonyl (C=O) groups is 1. The molecule has 1 aromatic carbocycles. The molecule has 1 aliphatic heterocycles. The SMILES string of the molecule is Cc1cc(C2CC2)c(CN2CCC3(C[C@@H]2c2ccc(C(=O)O)nc2)CC(F)(F)C3)c2cc[nH]c12. The Hall–Kier alpha value is -2.80. The summed E-state index contributed by atoms with van der Waals surface area (Å²) in [7, 11) is 0. The summed E-state index contributed by atoms with van der Waals surface area (Å²) in [6.45, 7) is 3.64. The summed E-state index contributed by atoms with van der Waals surface area (Å²) in [6.07, 6.45) is 7.36.